The third-order valence-electron chi connectivity index (χ3n) is 10.7. The van der Waals surface area contributed by atoms with Gasteiger partial charge in [-0.3, -0.25) is 39.4 Å². The summed E-state index contributed by atoms with van der Waals surface area (Å²) in [6.45, 7) is 7.59. The molecule has 0 aliphatic carbocycles. The van der Waals surface area contributed by atoms with Crippen molar-refractivity contribution >= 4 is 29.1 Å². The summed E-state index contributed by atoms with van der Waals surface area (Å²) < 4.78 is 13.3. The molecule has 52 heavy (non-hydrogen) atoms. The highest BCUT2D eigenvalue weighted by Crippen LogP contribution is 2.38. The average Bonchev–Trinajstić information content (AvgIpc) is 3.67. The Morgan fingerprint density at radius 2 is 1.67 bits per heavy atom. The predicted molar refractivity (Wildman–Crippen MR) is 198 cm³/mol. The molecule has 3 amide bonds. The van der Waals surface area contributed by atoms with Crippen LogP contribution in [-0.2, 0) is 28.0 Å². The lowest BCUT2D eigenvalue weighted by Gasteiger charge is -2.37. The molecule has 276 valence electrons. The van der Waals surface area contributed by atoms with Gasteiger partial charge in [0.25, 0.3) is 5.56 Å². The number of rotatable bonds is 13. The lowest BCUT2D eigenvalue weighted by Crippen LogP contribution is -2.51. The number of amides is 3. The minimum Gasteiger partial charge on any atom is -0.496 e. The van der Waals surface area contributed by atoms with Crippen LogP contribution in [0.3, 0.4) is 0 Å². The molecule has 6 rings (SSSR count). The van der Waals surface area contributed by atoms with Crippen molar-refractivity contribution in [1.29, 1.82) is 0 Å². The summed E-state index contributed by atoms with van der Waals surface area (Å²) in [7, 11) is 5.01. The normalized spacial score (nSPS) is 16.5. The molecule has 2 fully saturated rings. The van der Waals surface area contributed by atoms with Crippen LogP contribution in [-0.4, -0.2) is 108 Å². The number of aromatic amines is 1. The molecule has 2 N–H and O–H groups in total. The first kappa shape index (κ1) is 36.8. The summed E-state index contributed by atoms with van der Waals surface area (Å²) in [6, 6.07) is 12.2. The Labute approximate surface area is 303 Å². The topological polar surface area (TPSA) is 142 Å². The lowest BCUT2D eigenvalue weighted by molar-refractivity contribution is -0.134. The predicted octanol–water partition coefficient (Wildman–Crippen LogP) is 3.63. The first-order chi connectivity index (χ1) is 25.2. The third-order valence-corrected chi connectivity index (χ3v) is 10.7. The number of likely N-dealkylation sites (tertiary alicyclic amines) is 1. The monoisotopic (exact) mass is 711 g/mol. The lowest BCUT2D eigenvalue weighted by atomic mass is 9.87. The molecule has 1 atom stereocenters. The van der Waals surface area contributed by atoms with Crippen molar-refractivity contribution in [3.63, 3.8) is 0 Å². The molecule has 2 aliphatic rings. The maximum atomic E-state index is 13.4. The number of aryl methyl sites for hydroxylation is 1. The summed E-state index contributed by atoms with van der Waals surface area (Å²) in [6.07, 6.45) is 7.40. The number of H-pyrrole nitrogens is 1. The molecule has 4 heterocycles. The number of hydrogen-bond acceptors (Lipinski definition) is 9. The second-order valence-electron chi connectivity index (χ2n) is 13.8. The van der Waals surface area contributed by atoms with Gasteiger partial charge in [0.05, 0.1) is 38.4 Å². The van der Waals surface area contributed by atoms with E-state index in [9.17, 15) is 19.2 Å². The fraction of sp³-hybridized carbons (Fsp3) is 0.462. The number of pyridine rings is 1. The zero-order chi connectivity index (χ0) is 36.8. The van der Waals surface area contributed by atoms with Gasteiger partial charge >= 0.3 is 0 Å². The molecular weight excluding hydrogens is 662 g/mol. The van der Waals surface area contributed by atoms with Crippen LogP contribution in [0.1, 0.15) is 61.1 Å². The fourth-order valence-corrected chi connectivity index (χ4v) is 7.67. The average molecular weight is 712 g/mol. The van der Waals surface area contributed by atoms with Crippen molar-refractivity contribution in [3.05, 3.63) is 75.8 Å². The summed E-state index contributed by atoms with van der Waals surface area (Å²) in [5, 5.41) is 9.96. The van der Waals surface area contributed by atoms with Crippen molar-refractivity contribution in [2.75, 3.05) is 60.0 Å². The summed E-state index contributed by atoms with van der Waals surface area (Å²) >= 11 is 0. The van der Waals surface area contributed by atoms with Gasteiger partial charge in [0.2, 0.25) is 18.2 Å². The number of ether oxygens (including phenoxy) is 2. The van der Waals surface area contributed by atoms with E-state index in [4.69, 9.17) is 9.47 Å². The van der Waals surface area contributed by atoms with Crippen molar-refractivity contribution in [2.45, 2.75) is 51.0 Å². The molecule has 0 saturated carbocycles. The van der Waals surface area contributed by atoms with Crippen LogP contribution in [0.25, 0.3) is 22.0 Å². The van der Waals surface area contributed by atoms with Crippen molar-refractivity contribution in [3.8, 4) is 22.6 Å². The Hall–Kier alpha value is -5.01. The van der Waals surface area contributed by atoms with E-state index >= 15 is 0 Å². The van der Waals surface area contributed by atoms with Crippen molar-refractivity contribution < 1.29 is 23.9 Å². The number of nitrogens with zero attached hydrogens (tertiary/aromatic N) is 5. The van der Waals surface area contributed by atoms with Gasteiger partial charge in [0, 0.05) is 56.9 Å². The van der Waals surface area contributed by atoms with Crippen molar-refractivity contribution in [2.24, 2.45) is 7.05 Å². The number of piperazine rings is 1. The van der Waals surface area contributed by atoms with Crippen LogP contribution < -0.4 is 20.3 Å². The Morgan fingerprint density at radius 3 is 2.29 bits per heavy atom. The van der Waals surface area contributed by atoms with Gasteiger partial charge in [0.15, 0.2) is 0 Å². The molecule has 0 spiro atoms. The molecule has 2 aromatic heterocycles. The maximum absolute atomic E-state index is 13.4. The van der Waals surface area contributed by atoms with Gasteiger partial charge in [-0.25, -0.2) is 0 Å². The van der Waals surface area contributed by atoms with E-state index in [-0.39, 0.29) is 23.3 Å². The van der Waals surface area contributed by atoms with E-state index in [1.807, 2.05) is 36.1 Å². The molecule has 2 aromatic carbocycles. The minimum absolute atomic E-state index is 0.143. The summed E-state index contributed by atoms with van der Waals surface area (Å²) in [4.78, 5) is 55.7. The first-order valence-electron chi connectivity index (χ1n) is 18.1. The standard InChI is InChI=1S/C39H49N7O6/c1-5-6-30(38(49)40-25-47)28-9-7-26(8-10-28)27-11-13-44(14-12-27)24-36(48)46-17-15-45(16-18-46)23-33-34(51-3)19-29(20-35(33)52-4)32-22-43(2)39(50)37-31(32)21-41-42-37/h7-10,19-22,25,27,30H,5-6,11-18,23-24H2,1-4H3,(H,41,42)(H,40,47,49). The quantitative estimate of drug-likeness (QED) is 0.199. The fourth-order valence-electron chi connectivity index (χ4n) is 7.67. The van der Waals surface area contributed by atoms with Gasteiger partial charge < -0.3 is 18.9 Å². The molecule has 0 bridgehead atoms. The molecule has 2 saturated heterocycles. The smallest absolute Gasteiger partial charge is 0.276 e. The highest BCUT2D eigenvalue weighted by molar-refractivity contribution is 5.94. The number of imide groups is 1. The number of methoxy groups -OCH3 is 2. The van der Waals surface area contributed by atoms with Crippen LogP contribution in [0.5, 0.6) is 11.5 Å². The van der Waals surface area contributed by atoms with Gasteiger partial charge in [-0.2, -0.15) is 5.10 Å². The molecule has 0 radical (unpaired) electrons. The number of nitrogens with one attached hydrogen (secondary N) is 2. The Bertz CT molecular complexity index is 1910. The van der Waals surface area contributed by atoms with E-state index in [2.05, 4.69) is 37.4 Å². The van der Waals surface area contributed by atoms with Crippen LogP contribution in [0, 0.1) is 0 Å². The van der Waals surface area contributed by atoms with Gasteiger partial charge in [-0.15, -0.1) is 0 Å². The van der Waals surface area contributed by atoms with Crippen LogP contribution in [0.4, 0.5) is 0 Å². The molecule has 2 aliphatic heterocycles. The molecular formula is C39H49N7O6. The number of aromatic nitrogens is 3. The molecule has 4 aromatic rings. The van der Waals surface area contributed by atoms with Gasteiger partial charge in [0.1, 0.15) is 17.0 Å². The van der Waals surface area contributed by atoms with Crippen LogP contribution in [0.2, 0.25) is 0 Å². The number of carbonyl (C=O) groups excluding carboxylic acids is 3. The number of fused-ring (bicyclic) bond motifs is 1. The molecule has 1 unspecified atom stereocenters. The highest BCUT2D eigenvalue weighted by Gasteiger charge is 2.28. The van der Waals surface area contributed by atoms with Gasteiger partial charge in [-0.05, 0) is 67.1 Å². The SMILES string of the molecule is CCCC(C(=O)NC=O)c1ccc(C2CCN(CC(=O)N3CCN(Cc4c(OC)cc(-c5cn(C)c(=O)c6[nH]ncc56)cc4OC)CC3)CC2)cc1. The number of hydrogen-bond donors (Lipinski definition) is 2. The summed E-state index contributed by atoms with van der Waals surface area (Å²) in [5.74, 6) is 1.38. The Morgan fingerprint density at radius 1 is 1.00 bits per heavy atom. The van der Waals surface area contributed by atoms with Gasteiger partial charge in [-0.1, -0.05) is 37.6 Å². The number of piperidine rings is 1. The zero-order valence-corrected chi connectivity index (χ0v) is 30.5. The second-order valence-corrected chi connectivity index (χ2v) is 13.8. The second kappa shape index (κ2) is 16.6. The zero-order valence-electron chi connectivity index (χ0n) is 30.5. The third kappa shape index (κ3) is 7.90. The number of carbonyl (C=O) groups is 3. The molecule has 13 nitrogen and oxygen atoms in total. The summed E-state index contributed by atoms with van der Waals surface area (Å²) in [5.41, 5.74) is 5.12. The van der Waals surface area contributed by atoms with E-state index < -0.39 is 0 Å². The van der Waals surface area contributed by atoms with E-state index in [1.54, 1.807) is 38.2 Å². The highest BCUT2D eigenvalue weighted by atomic mass is 16.5. The Kier molecular flexibility index (Phi) is 11.7. The van der Waals surface area contributed by atoms with Crippen LogP contribution >= 0.6 is 0 Å². The van der Waals surface area contributed by atoms with E-state index in [1.165, 1.54) is 5.56 Å². The molecule has 13 heteroatoms. The van der Waals surface area contributed by atoms with E-state index in [0.717, 1.165) is 73.1 Å². The van der Waals surface area contributed by atoms with Crippen molar-refractivity contribution in [1.82, 2.24) is 34.8 Å². The van der Waals surface area contributed by atoms with E-state index in [0.29, 0.717) is 61.9 Å². The maximum Gasteiger partial charge on any atom is 0.276 e. The largest absolute Gasteiger partial charge is 0.496 e. The Balaban J connectivity index is 1.01. The first-order valence-corrected chi connectivity index (χ1v) is 18.1. The minimum atomic E-state index is -0.328. The number of benzene rings is 2. The van der Waals surface area contributed by atoms with Crippen LogP contribution in [0.15, 0.2) is 53.6 Å².